The van der Waals surface area contributed by atoms with E-state index >= 15 is 0 Å². The molecule has 0 fully saturated rings. The summed E-state index contributed by atoms with van der Waals surface area (Å²) in [6.45, 7) is 5.66. The summed E-state index contributed by atoms with van der Waals surface area (Å²) in [7, 11) is 4.27. The number of hydrogen-bond acceptors (Lipinski definition) is 2. The van der Waals surface area contributed by atoms with E-state index in [4.69, 9.17) is 0 Å². The summed E-state index contributed by atoms with van der Waals surface area (Å²) >= 11 is 1.90. The van der Waals surface area contributed by atoms with Gasteiger partial charge in [-0.25, -0.2) is 0 Å². The van der Waals surface area contributed by atoms with Crippen molar-refractivity contribution in [2.75, 3.05) is 20.6 Å². The van der Waals surface area contributed by atoms with Gasteiger partial charge in [-0.1, -0.05) is 56.0 Å². The maximum absolute atomic E-state index is 2.43. The third kappa shape index (κ3) is 4.91. The van der Waals surface area contributed by atoms with Gasteiger partial charge < -0.3 is 4.90 Å². The molecule has 0 spiro atoms. The predicted molar refractivity (Wildman–Crippen MR) is 113 cm³/mol. The first kappa shape index (κ1) is 20.1. The Morgan fingerprint density at radius 3 is 2.44 bits per heavy atom. The fourth-order valence-electron chi connectivity index (χ4n) is 3.20. The van der Waals surface area contributed by atoms with Crippen molar-refractivity contribution in [3.05, 3.63) is 65.2 Å². The minimum atomic E-state index is 0. The summed E-state index contributed by atoms with van der Waals surface area (Å²) < 4.78 is 0. The second kappa shape index (κ2) is 8.93. The van der Waals surface area contributed by atoms with Crippen LogP contribution >= 0.6 is 24.2 Å². The summed E-state index contributed by atoms with van der Waals surface area (Å²) in [4.78, 5) is 5.01. The smallest absolute Gasteiger partial charge is 0.0201 e. The molecular formula is C22H28ClNS. The molecule has 2 aromatic carbocycles. The average molecular weight is 374 g/mol. The highest BCUT2D eigenvalue weighted by atomic mass is 35.5. The molecule has 1 heterocycles. The van der Waals surface area contributed by atoms with Crippen molar-refractivity contribution in [1.29, 1.82) is 0 Å². The predicted octanol–water partition coefficient (Wildman–Crippen LogP) is 6.15. The van der Waals surface area contributed by atoms with Crippen LogP contribution in [-0.4, -0.2) is 25.5 Å². The van der Waals surface area contributed by atoms with Gasteiger partial charge in [0.1, 0.15) is 0 Å². The van der Waals surface area contributed by atoms with Gasteiger partial charge in [-0.05, 0) is 73.3 Å². The number of rotatable bonds is 5. The van der Waals surface area contributed by atoms with Crippen molar-refractivity contribution in [2.24, 2.45) is 5.92 Å². The van der Waals surface area contributed by atoms with Crippen LogP contribution in [0, 0.1) is 5.92 Å². The van der Waals surface area contributed by atoms with Gasteiger partial charge in [-0.3, -0.25) is 0 Å². The minimum Gasteiger partial charge on any atom is -0.309 e. The first-order valence-electron chi connectivity index (χ1n) is 8.80. The van der Waals surface area contributed by atoms with E-state index in [9.17, 15) is 0 Å². The first-order chi connectivity index (χ1) is 11.5. The highest BCUT2D eigenvalue weighted by molar-refractivity contribution is 7.99. The lowest BCUT2D eigenvalue weighted by Gasteiger charge is -2.23. The molecule has 1 aliphatic heterocycles. The molecule has 0 saturated carbocycles. The molecule has 2 aromatic rings. The Hall–Kier alpha value is -1.22. The fraction of sp³-hybridized carbons (Fsp3) is 0.364. The van der Waals surface area contributed by atoms with Crippen LogP contribution in [0.1, 0.15) is 37.0 Å². The van der Waals surface area contributed by atoms with Crippen LogP contribution in [-0.2, 0) is 6.42 Å². The summed E-state index contributed by atoms with van der Waals surface area (Å²) in [5, 5.41) is 0. The van der Waals surface area contributed by atoms with Gasteiger partial charge in [0.2, 0.25) is 0 Å². The summed E-state index contributed by atoms with van der Waals surface area (Å²) in [6.07, 6.45) is 4.65. The van der Waals surface area contributed by atoms with Crippen molar-refractivity contribution < 1.29 is 0 Å². The number of hydrogen-bond donors (Lipinski definition) is 0. The number of nitrogens with zero attached hydrogens (tertiary/aromatic N) is 1. The molecule has 25 heavy (non-hydrogen) atoms. The van der Waals surface area contributed by atoms with Gasteiger partial charge in [0, 0.05) is 16.3 Å². The molecule has 3 heteroatoms. The Bertz CT molecular complexity index is 749. The van der Waals surface area contributed by atoms with E-state index in [2.05, 4.69) is 81.4 Å². The Morgan fingerprint density at radius 2 is 1.72 bits per heavy atom. The van der Waals surface area contributed by atoms with E-state index in [0.717, 1.165) is 19.4 Å². The van der Waals surface area contributed by atoms with Crippen molar-refractivity contribution in [3.8, 4) is 0 Å². The van der Waals surface area contributed by atoms with E-state index in [1.165, 1.54) is 32.1 Å². The quantitative estimate of drug-likeness (QED) is 0.527. The molecule has 1 aliphatic rings. The van der Waals surface area contributed by atoms with E-state index in [1.807, 2.05) is 11.8 Å². The van der Waals surface area contributed by atoms with Gasteiger partial charge in [0.05, 0.1) is 0 Å². The van der Waals surface area contributed by atoms with Crippen LogP contribution < -0.4 is 0 Å². The first-order valence-corrected chi connectivity index (χ1v) is 9.61. The van der Waals surface area contributed by atoms with Gasteiger partial charge in [0.15, 0.2) is 0 Å². The molecule has 0 unspecified atom stereocenters. The molecule has 0 atom stereocenters. The highest BCUT2D eigenvalue weighted by Crippen LogP contribution is 2.45. The standard InChI is InChI=1S/C22H27NS.ClH/c1-16(2)14-17-11-12-22-20(15-17)18(9-7-13-23(3)4)19-8-5-6-10-21(19)24-22;/h5-6,8-12,15-16H,7,13-14H2,1-4H3;1H/b18-9+;. The molecule has 0 radical (unpaired) electrons. The Labute approximate surface area is 162 Å². The molecule has 134 valence electrons. The van der Waals surface area contributed by atoms with Crippen LogP contribution in [0.4, 0.5) is 0 Å². The highest BCUT2D eigenvalue weighted by Gasteiger charge is 2.20. The number of fused-ring (bicyclic) bond motifs is 2. The molecule has 0 bridgehead atoms. The number of halogens is 1. The molecule has 0 aliphatic carbocycles. The third-order valence-corrected chi connectivity index (χ3v) is 5.45. The van der Waals surface area contributed by atoms with Crippen LogP contribution in [0.15, 0.2) is 58.3 Å². The Kier molecular flexibility index (Phi) is 7.18. The molecule has 0 amide bonds. The lowest BCUT2D eigenvalue weighted by Crippen LogP contribution is -2.12. The van der Waals surface area contributed by atoms with Crippen molar-refractivity contribution in [3.63, 3.8) is 0 Å². The molecule has 0 N–H and O–H groups in total. The fourth-order valence-corrected chi connectivity index (χ4v) is 4.29. The zero-order chi connectivity index (χ0) is 17.1. The van der Waals surface area contributed by atoms with E-state index in [1.54, 1.807) is 0 Å². The topological polar surface area (TPSA) is 3.24 Å². The second-order valence-electron chi connectivity index (χ2n) is 7.24. The Balaban J connectivity index is 0.00000225. The number of benzene rings is 2. The minimum absolute atomic E-state index is 0. The van der Waals surface area contributed by atoms with Gasteiger partial charge in [-0.15, -0.1) is 12.4 Å². The van der Waals surface area contributed by atoms with Crippen LogP contribution in [0.5, 0.6) is 0 Å². The Morgan fingerprint density at radius 1 is 1.00 bits per heavy atom. The maximum Gasteiger partial charge on any atom is 0.0201 e. The van der Waals surface area contributed by atoms with Crippen LogP contribution in [0.3, 0.4) is 0 Å². The van der Waals surface area contributed by atoms with Crippen LogP contribution in [0.2, 0.25) is 0 Å². The monoisotopic (exact) mass is 373 g/mol. The molecular weight excluding hydrogens is 346 g/mol. The van der Waals surface area contributed by atoms with Crippen molar-refractivity contribution in [2.45, 2.75) is 36.5 Å². The lowest BCUT2D eigenvalue weighted by atomic mass is 9.93. The zero-order valence-corrected chi connectivity index (χ0v) is 17.2. The molecule has 1 nitrogen and oxygen atoms in total. The van der Waals surface area contributed by atoms with Gasteiger partial charge in [-0.2, -0.15) is 0 Å². The summed E-state index contributed by atoms with van der Waals surface area (Å²) in [5.41, 5.74) is 5.65. The SMILES string of the molecule is CC(C)Cc1ccc2c(c1)/C(=C/CCN(C)C)c1ccccc1S2.Cl. The third-order valence-electron chi connectivity index (χ3n) is 4.30. The van der Waals surface area contributed by atoms with Gasteiger partial charge >= 0.3 is 0 Å². The summed E-state index contributed by atoms with van der Waals surface area (Å²) in [5.74, 6) is 0.688. The van der Waals surface area contributed by atoms with Crippen LogP contribution in [0.25, 0.3) is 5.57 Å². The van der Waals surface area contributed by atoms with E-state index < -0.39 is 0 Å². The molecule has 0 saturated heterocycles. The average Bonchev–Trinajstić information content (AvgIpc) is 2.53. The largest absolute Gasteiger partial charge is 0.309 e. The van der Waals surface area contributed by atoms with Crippen molar-refractivity contribution >= 4 is 29.7 Å². The van der Waals surface area contributed by atoms with E-state index in [0.29, 0.717) is 5.92 Å². The summed E-state index contributed by atoms with van der Waals surface area (Å²) in [6, 6.07) is 15.8. The lowest BCUT2D eigenvalue weighted by molar-refractivity contribution is 0.417. The maximum atomic E-state index is 2.43. The van der Waals surface area contributed by atoms with E-state index in [-0.39, 0.29) is 12.4 Å². The second-order valence-corrected chi connectivity index (χ2v) is 8.32. The molecule has 3 rings (SSSR count). The molecule has 0 aromatic heterocycles. The zero-order valence-electron chi connectivity index (χ0n) is 15.6. The van der Waals surface area contributed by atoms with Gasteiger partial charge in [0.25, 0.3) is 0 Å². The van der Waals surface area contributed by atoms with Crippen molar-refractivity contribution in [1.82, 2.24) is 4.90 Å². The normalized spacial score (nSPS) is 14.4.